The summed E-state index contributed by atoms with van der Waals surface area (Å²) >= 11 is 0. The number of rotatable bonds is 3. The van der Waals surface area contributed by atoms with Crippen LogP contribution < -0.4 is 0 Å². The summed E-state index contributed by atoms with van der Waals surface area (Å²) in [5, 5.41) is 0. The van der Waals surface area contributed by atoms with Gasteiger partial charge < -0.3 is 14.2 Å². The number of allylic oxidation sites excluding steroid dienone is 2. The van der Waals surface area contributed by atoms with Crippen molar-refractivity contribution >= 4 is 17.9 Å². The number of carbonyl (C=O) groups is 3. The van der Waals surface area contributed by atoms with Gasteiger partial charge in [-0.25, -0.2) is 9.59 Å². The molecule has 0 heterocycles. The second kappa shape index (κ2) is 5.26. The van der Waals surface area contributed by atoms with E-state index in [9.17, 15) is 14.4 Å². The van der Waals surface area contributed by atoms with E-state index < -0.39 is 11.9 Å². The molecule has 0 aromatic carbocycles. The lowest BCUT2D eigenvalue weighted by molar-refractivity contribution is -0.168. The Balaban J connectivity index is 2.00. The Labute approximate surface area is 128 Å². The van der Waals surface area contributed by atoms with Crippen molar-refractivity contribution in [2.45, 2.75) is 19.4 Å². The van der Waals surface area contributed by atoms with Crippen LogP contribution in [0.25, 0.3) is 0 Å². The topological polar surface area (TPSA) is 78.9 Å². The normalized spacial score (nSPS) is 34.6. The molecule has 0 aliphatic heterocycles. The number of hydrogen-bond acceptors (Lipinski definition) is 6. The van der Waals surface area contributed by atoms with E-state index in [1.165, 1.54) is 21.1 Å². The van der Waals surface area contributed by atoms with Crippen LogP contribution in [0, 0.1) is 23.7 Å². The lowest BCUT2D eigenvalue weighted by atomic mass is 9.50. The third-order valence-corrected chi connectivity index (χ3v) is 4.91. The molecule has 6 heteroatoms. The van der Waals surface area contributed by atoms with Crippen molar-refractivity contribution in [2.24, 2.45) is 23.7 Å². The van der Waals surface area contributed by atoms with Gasteiger partial charge in [-0.05, 0) is 12.3 Å². The van der Waals surface area contributed by atoms with Crippen molar-refractivity contribution in [3.05, 3.63) is 23.3 Å². The van der Waals surface area contributed by atoms with Crippen LogP contribution in [0.1, 0.15) is 13.3 Å². The standard InChI is InChI=1S/C16H18O6/c1-7(17)22-11-6-10-8-4-5-9(12(10)11)14(16(19)21-3)13(8)15(18)20-2/h4-5,8-12H,6H2,1-3H3/t8-,9-,10+,11+,12-/m0/s1. The van der Waals surface area contributed by atoms with Crippen molar-refractivity contribution in [3.8, 4) is 0 Å². The molecule has 4 rings (SSSR count). The molecule has 6 nitrogen and oxygen atoms in total. The Hall–Kier alpha value is -2.11. The molecule has 0 radical (unpaired) electrons. The minimum absolute atomic E-state index is 0.0291. The molecule has 1 fully saturated rings. The van der Waals surface area contributed by atoms with Gasteiger partial charge in [0.15, 0.2) is 0 Å². The van der Waals surface area contributed by atoms with Gasteiger partial charge in [-0.2, -0.15) is 0 Å². The molecule has 22 heavy (non-hydrogen) atoms. The second-order valence-corrected chi connectivity index (χ2v) is 5.87. The maximum Gasteiger partial charge on any atom is 0.334 e. The van der Waals surface area contributed by atoms with Crippen LogP contribution in [0.3, 0.4) is 0 Å². The minimum Gasteiger partial charge on any atom is -0.466 e. The molecule has 1 saturated carbocycles. The zero-order valence-corrected chi connectivity index (χ0v) is 12.7. The third kappa shape index (κ3) is 1.97. The van der Waals surface area contributed by atoms with Crippen LogP contribution in [-0.2, 0) is 28.6 Å². The van der Waals surface area contributed by atoms with E-state index in [-0.39, 0.29) is 35.7 Å². The molecule has 0 spiro atoms. The van der Waals surface area contributed by atoms with Gasteiger partial charge in [0.25, 0.3) is 0 Å². The largest absolute Gasteiger partial charge is 0.466 e. The third-order valence-electron chi connectivity index (χ3n) is 4.91. The summed E-state index contributed by atoms with van der Waals surface area (Å²) < 4.78 is 15.0. The zero-order chi connectivity index (χ0) is 16.0. The summed E-state index contributed by atoms with van der Waals surface area (Å²) in [5.74, 6) is -1.56. The van der Waals surface area contributed by atoms with Gasteiger partial charge in [0.1, 0.15) is 6.10 Å². The van der Waals surface area contributed by atoms with Crippen LogP contribution in [0.4, 0.5) is 0 Å². The average Bonchev–Trinajstić information content (AvgIpc) is 2.49. The van der Waals surface area contributed by atoms with Gasteiger partial charge >= 0.3 is 17.9 Å². The molecule has 4 aliphatic carbocycles. The first-order chi connectivity index (χ1) is 10.5. The van der Waals surface area contributed by atoms with Crippen LogP contribution in [0.2, 0.25) is 0 Å². The highest BCUT2D eigenvalue weighted by Gasteiger charge is 2.59. The average molecular weight is 306 g/mol. The molecule has 0 unspecified atom stereocenters. The quantitative estimate of drug-likeness (QED) is 0.440. The predicted octanol–water partition coefficient (Wildman–Crippen LogP) is 1.01. The number of esters is 3. The van der Waals surface area contributed by atoms with Gasteiger partial charge in [0, 0.05) is 24.7 Å². The Bertz CT molecular complexity index is 602. The van der Waals surface area contributed by atoms with Crippen LogP contribution >= 0.6 is 0 Å². The molecule has 0 amide bonds. The molecule has 118 valence electrons. The van der Waals surface area contributed by atoms with Crippen molar-refractivity contribution in [2.75, 3.05) is 14.2 Å². The molecular formula is C16H18O6. The first-order valence-electron chi connectivity index (χ1n) is 7.25. The lowest BCUT2D eigenvalue weighted by Gasteiger charge is -2.55. The van der Waals surface area contributed by atoms with E-state index in [1.807, 2.05) is 12.2 Å². The summed E-state index contributed by atoms with van der Waals surface area (Å²) in [4.78, 5) is 35.5. The number of hydrogen-bond donors (Lipinski definition) is 0. The number of carbonyl (C=O) groups excluding carboxylic acids is 3. The van der Waals surface area contributed by atoms with E-state index in [2.05, 4.69) is 0 Å². The Morgan fingerprint density at radius 2 is 1.55 bits per heavy atom. The monoisotopic (exact) mass is 306 g/mol. The zero-order valence-electron chi connectivity index (χ0n) is 12.7. The smallest absolute Gasteiger partial charge is 0.334 e. The molecular weight excluding hydrogens is 288 g/mol. The maximum absolute atomic E-state index is 12.2. The predicted molar refractivity (Wildman–Crippen MR) is 74.3 cm³/mol. The van der Waals surface area contributed by atoms with Gasteiger partial charge in [-0.3, -0.25) is 4.79 Å². The first kappa shape index (κ1) is 14.8. The molecule has 0 saturated heterocycles. The van der Waals surface area contributed by atoms with E-state index in [4.69, 9.17) is 14.2 Å². The van der Waals surface area contributed by atoms with Gasteiger partial charge in [0.2, 0.25) is 0 Å². The lowest BCUT2D eigenvalue weighted by Crippen LogP contribution is -2.57. The van der Waals surface area contributed by atoms with Crippen LogP contribution in [0.15, 0.2) is 23.3 Å². The highest BCUT2D eigenvalue weighted by atomic mass is 16.5. The van der Waals surface area contributed by atoms with Gasteiger partial charge in [-0.15, -0.1) is 0 Å². The van der Waals surface area contributed by atoms with E-state index in [1.54, 1.807) is 0 Å². The molecule has 2 bridgehead atoms. The summed E-state index contributed by atoms with van der Waals surface area (Å²) in [5.41, 5.74) is 0.740. The fourth-order valence-corrected chi connectivity index (χ4v) is 4.07. The fraction of sp³-hybridized carbons (Fsp3) is 0.562. The number of ether oxygens (including phenoxy) is 3. The van der Waals surface area contributed by atoms with Gasteiger partial charge in [-0.1, -0.05) is 12.2 Å². The van der Waals surface area contributed by atoms with Crippen LogP contribution in [0.5, 0.6) is 0 Å². The molecule has 0 aromatic rings. The molecule has 4 aliphatic rings. The summed E-state index contributed by atoms with van der Waals surface area (Å²) in [6.45, 7) is 1.38. The SMILES string of the molecule is COC(=O)C1=C(C(=O)OC)[C@H]2C=C[C@H]1[C@H]1C[C@@H](OC(C)=O)[C@H]12. The summed E-state index contributed by atoms with van der Waals surface area (Å²) in [7, 11) is 2.59. The Morgan fingerprint density at radius 1 is 1.00 bits per heavy atom. The summed E-state index contributed by atoms with van der Waals surface area (Å²) in [6.07, 6.45) is 4.36. The first-order valence-corrected chi connectivity index (χ1v) is 7.25. The van der Waals surface area contributed by atoms with Crippen molar-refractivity contribution in [1.82, 2.24) is 0 Å². The summed E-state index contributed by atoms with van der Waals surface area (Å²) in [6, 6.07) is 0. The van der Waals surface area contributed by atoms with Crippen molar-refractivity contribution in [1.29, 1.82) is 0 Å². The highest BCUT2D eigenvalue weighted by Crippen LogP contribution is 2.58. The van der Waals surface area contributed by atoms with Crippen molar-refractivity contribution < 1.29 is 28.6 Å². The highest BCUT2D eigenvalue weighted by molar-refractivity contribution is 6.02. The fourth-order valence-electron chi connectivity index (χ4n) is 4.07. The minimum atomic E-state index is -0.522. The van der Waals surface area contributed by atoms with Crippen molar-refractivity contribution in [3.63, 3.8) is 0 Å². The van der Waals surface area contributed by atoms with E-state index in [0.717, 1.165) is 0 Å². The molecule has 0 aromatic heterocycles. The van der Waals surface area contributed by atoms with E-state index >= 15 is 0 Å². The molecule has 0 N–H and O–H groups in total. The Morgan fingerprint density at radius 3 is 2.09 bits per heavy atom. The molecule has 5 atom stereocenters. The maximum atomic E-state index is 12.2. The van der Waals surface area contributed by atoms with Gasteiger partial charge in [0.05, 0.1) is 25.4 Å². The second-order valence-electron chi connectivity index (χ2n) is 5.87. The Kier molecular flexibility index (Phi) is 3.54. The number of methoxy groups -OCH3 is 2. The van der Waals surface area contributed by atoms with E-state index in [0.29, 0.717) is 17.6 Å². The van der Waals surface area contributed by atoms with Crippen LogP contribution in [-0.4, -0.2) is 38.2 Å².